The van der Waals surface area contributed by atoms with E-state index >= 15 is 0 Å². The summed E-state index contributed by atoms with van der Waals surface area (Å²) in [6.45, 7) is 3.28. The minimum Gasteiger partial charge on any atom is -0.497 e. The Labute approximate surface area is 141 Å². The molecule has 1 aliphatic rings. The van der Waals surface area contributed by atoms with Gasteiger partial charge in [0.15, 0.2) is 0 Å². The number of nitrogens with zero attached hydrogens (tertiary/aromatic N) is 3. The molecule has 0 amide bonds. The molecule has 0 unspecified atom stereocenters. The number of aryl methyl sites for hydroxylation is 2. The summed E-state index contributed by atoms with van der Waals surface area (Å²) >= 11 is 6.36. The maximum atomic E-state index is 10.2. The summed E-state index contributed by atoms with van der Waals surface area (Å²) in [7, 11) is 3.51. The molecule has 2 atom stereocenters. The molecule has 5 nitrogen and oxygen atoms in total. The summed E-state index contributed by atoms with van der Waals surface area (Å²) in [6, 6.07) is 8.18. The van der Waals surface area contributed by atoms with Crippen molar-refractivity contribution in [1.82, 2.24) is 14.7 Å². The van der Waals surface area contributed by atoms with E-state index in [4.69, 9.17) is 16.3 Å². The lowest BCUT2D eigenvalue weighted by Crippen LogP contribution is -2.24. The monoisotopic (exact) mass is 335 g/mol. The van der Waals surface area contributed by atoms with Crippen LogP contribution in [0.2, 0.25) is 5.15 Å². The van der Waals surface area contributed by atoms with Crippen LogP contribution in [0.1, 0.15) is 29.3 Å². The molecule has 6 heteroatoms. The van der Waals surface area contributed by atoms with Crippen LogP contribution in [-0.4, -0.2) is 39.5 Å². The Morgan fingerprint density at radius 2 is 2.22 bits per heavy atom. The number of methoxy groups -OCH3 is 1. The summed E-state index contributed by atoms with van der Waals surface area (Å²) in [4.78, 5) is 2.26. The number of hydrogen-bond donors (Lipinski definition) is 1. The Hall–Kier alpha value is -1.56. The number of likely N-dealkylation sites (tertiary alicyclic amines) is 1. The standard InChI is InChI=1S/C17H22ClN3O2/c1-11-15(17(18)20(2)19-11)10-21-9-13(22)8-16(21)12-5-4-6-14(7-12)23-3/h4-7,13,16,22H,8-10H2,1-3H3/t13-,16+/m1/s1. The molecule has 1 fully saturated rings. The average Bonchev–Trinajstić information content (AvgIpc) is 3.02. The first-order chi connectivity index (χ1) is 11.0. The molecular weight excluding hydrogens is 314 g/mol. The second kappa shape index (κ2) is 6.51. The molecule has 0 radical (unpaired) electrons. The van der Waals surface area contributed by atoms with Crippen molar-refractivity contribution in [3.8, 4) is 5.75 Å². The highest BCUT2D eigenvalue weighted by Crippen LogP contribution is 2.36. The van der Waals surface area contributed by atoms with Crippen LogP contribution in [0.3, 0.4) is 0 Å². The van der Waals surface area contributed by atoms with Crippen molar-refractivity contribution in [3.05, 3.63) is 46.2 Å². The van der Waals surface area contributed by atoms with Crippen LogP contribution >= 0.6 is 11.6 Å². The summed E-state index contributed by atoms with van der Waals surface area (Å²) in [5.74, 6) is 0.833. The average molecular weight is 336 g/mol. The van der Waals surface area contributed by atoms with E-state index in [-0.39, 0.29) is 12.1 Å². The van der Waals surface area contributed by atoms with Gasteiger partial charge in [-0.2, -0.15) is 5.10 Å². The molecule has 1 N–H and O–H groups in total. The minimum atomic E-state index is -0.332. The molecule has 3 rings (SSSR count). The molecule has 0 saturated carbocycles. The molecule has 23 heavy (non-hydrogen) atoms. The summed E-state index contributed by atoms with van der Waals surface area (Å²) in [5, 5.41) is 15.2. The van der Waals surface area contributed by atoms with E-state index in [0.717, 1.165) is 22.6 Å². The molecule has 1 saturated heterocycles. The number of hydrogen-bond acceptors (Lipinski definition) is 4. The second-order valence-electron chi connectivity index (χ2n) is 6.09. The van der Waals surface area contributed by atoms with Gasteiger partial charge in [-0.05, 0) is 31.0 Å². The Bertz CT molecular complexity index is 701. The maximum Gasteiger partial charge on any atom is 0.131 e. The van der Waals surface area contributed by atoms with Gasteiger partial charge >= 0.3 is 0 Å². The van der Waals surface area contributed by atoms with Gasteiger partial charge in [-0.1, -0.05) is 23.7 Å². The van der Waals surface area contributed by atoms with Crippen molar-refractivity contribution >= 4 is 11.6 Å². The number of rotatable bonds is 4. The number of aliphatic hydroxyl groups excluding tert-OH is 1. The third kappa shape index (κ3) is 3.22. The first-order valence-electron chi connectivity index (χ1n) is 7.73. The fourth-order valence-electron chi connectivity index (χ4n) is 3.31. The van der Waals surface area contributed by atoms with Gasteiger partial charge in [0.25, 0.3) is 0 Å². The Balaban J connectivity index is 1.87. The third-order valence-corrected chi connectivity index (χ3v) is 4.96. The van der Waals surface area contributed by atoms with Gasteiger partial charge in [-0.25, -0.2) is 0 Å². The van der Waals surface area contributed by atoms with Crippen LogP contribution in [-0.2, 0) is 13.6 Å². The molecule has 1 aromatic heterocycles. The fourth-order valence-corrected chi connectivity index (χ4v) is 3.54. The molecule has 2 aromatic rings. The first-order valence-corrected chi connectivity index (χ1v) is 8.11. The Kier molecular flexibility index (Phi) is 4.62. The number of aromatic nitrogens is 2. The van der Waals surface area contributed by atoms with Crippen LogP contribution < -0.4 is 4.74 Å². The predicted molar refractivity (Wildman–Crippen MR) is 89.7 cm³/mol. The van der Waals surface area contributed by atoms with Crippen molar-refractivity contribution in [2.75, 3.05) is 13.7 Å². The van der Waals surface area contributed by atoms with Crippen molar-refractivity contribution in [2.45, 2.75) is 32.0 Å². The molecule has 1 aliphatic heterocycles. The number of aliphatic hydroxyl groups is 1. The quantitative estimate of drug-likeness (QED) is 0.933. The van der Waals surface area contributed by atoms with Crippen LogP contribution in [0.15, 0.2) is 24.3 Å². The van der Waals surface area contributed by atoms with E-state index in [1.54, 1.807) is 11.8 Å². The first kappa shape index (κ1) is 16.3. The second-order valence-corrected chi connectivity index (χ2v) is 6.45. The van der Waals surface area contributed by atoms with E-state index in [2.05, 4.69) is 16.1 Å². The number of ether oxygens (including phenoxy) is 1. The third-order valence-electron chi connectivity index (χ3n) is 4.49. The molecule has 2 heterocycles. The number of halogens is 1. The van der Waals surface area contributed by atoms with E-state index in [1.165, 1.54) is 0 Å². The van der Waals surface area contributed by atoms with Gasteiger partial charge in [0.2, 0.25) is 0 Å². The summed E-state index contributed by atoms with van der Waals surface area (Å²) in [5.41, 5.74) is 3.11. The van der Waals surface area contributed by atoms with Gasteiger partial charge in [-0.3, -0.25) is 9.58 Å². The van der Waals surface area contributed by atoms with E-state index in [1.807, 2.05) is 32.2 Å². The van der Waals surface area contributed by atoms with E-state index in [9.17, 15) is 5.11 Å². The van der Waals surface area contributed by atoms with Crippen LogP contribution in [0.25, 0.3) is 0 Å². The maximum absolute atomic E-state index is 10.2. The van der Waals surface area contributed by atoms with E-state index in [0.29, 0.717) is 24.7 Å². The lowest BCUT2D eigenvalue weighted by atomic mass is 10.0. The van der Waals surface area contributed by atoms with Gasteiger partial charge in [-0.15, -0.1) is 0 Å². The van der Waals surface area contributed by atoms with Crippen molar-refractivity contribution in [2.24, 2.45) is 7.05 Å². The number of β-amino-alcohol motifs (C(OH)–C–C–N with tert-alkyl or cyclic N) is 1. The van der Waals surface area contributed by atoms with Crippen molar-refractivity contribution in [1.29, 1.82) is 0 Å². The SMILES string of the molecule is COc1cccc([C@@H]2C[C@@H](O)CN2Cc2c(C)nn(C)c2Cl)c1. The largest absolute Gasteiger partial charge is 0.497 e. The lowest BCUT2D eigenvalue weighted by Gasteiger charge is -2.24. The minimum absolute atomic E-state index is 0.149. The van der Waals surface area contributed by atoms with E-state index < -0.39 is 0 Å². The van der Waals surface area contributed by atoms with Gasteiger partial charge < -0.3 is 9.84 Å². The van der Waals surface area contributed by atoms with Crippen LogP contribution in [0, 0.1) is 6.92 Å². The normalized spacial score (nSPS) is 21.8. The number of benzene rings is 1. The topological polar surface area (TPSA) is 50.5 Å². The Morgan fingerprint density at radius 1 is 1.43 bits per heavy atom. The lowest BCUT2D eigenvalue weighted by molar-refractivity contribution is 0.172. The molecule has 0 bridgehead atoms. The fraction of sp³-hybridized carbons (Fsp3) is 0.471. The predicted octanol–water partition coefficient (Wildman–Crippen LogP) is 2.70. The van der Waals surface area contributed by atoms with Gasteiger partial charge in [0, 0.05) is 31.7 Å². The highest BCUT2D eigenvalue weighted by Gasteiger charge is 2.33. The molecule has 124 valence electrons. The molecule has 0 aliphatic carbocycles. The zero-order valence-electron chi connectivity index (χ0n) is 13.7. The van der Waals surface area contributed by atoms with Crippen LogP contribution in [0.4, 0.5) is 0 Å². The Morgan fingerprint density at radius 3 is 2.87 bits per heavy atom. The summed E-state index contributed by atoms with van der Waals surface area (Å²) in [6.07, 6.45) is 0.381. The smallest absolute Gasteiger partial charge is 0.131 e. The molecule has 0 spiro atoms. The highest BCUT2D eigenvalue weighted by molar-refractivity contribution is 6.30. The van der Waals surface area contributed by atoms with Gasteiger partial charge in [0.05, 0.1) is 18.9 Å². The van der Waals surface area contributed by atoms with Crippen molar-refractivity contribution in [3.63, 3.8) is 0 Å². The molecule has 1 aromatic carbocycles. The zero-order chi connectivity index (χ0) is 16.6. The molecular formula is C17H22ClN3O2. The van der Waals surface area contributed by atoms with Crippen LogP contribution in [0.5, 0.6) is 5.75 Å². The highest BCUT2D eigenvalue weighted by atomic mass is 35.5. The zero-order valence-corrected chi connectivity index (χ0v) is 14.4. The summed E-state index contributed by atoms with van der Waals surface area (Å²) < 4.78 is 7.01. The van der Waals surface area contributed by atoms with Crippen molar-refractivity contribution < 1.29 is 9.84 Å². The van der Waals surface area contributed by atoms with Gasteiger partial charge in [0.1, 0.15) is 10.9 Å².